The van der Waals surface area contributed by atoms with E-state index in [2.05, 4.69) is 4.98 Å². The highest BCUT2D eigenvalue weighted by Crippen LogP contribution is 2.32. The third-order valence-electron chi connectivity index (χ3n) is 4.22. The van der Waals surface area contributed by atoms with Gasteiger partial charge in [0, 0.05) is 18.1 Å². The predicted molar refractivity (Wildman–Crippen MR) is 92.5 cm³/mol. The number of ether oxygens (including phenoxy) is 1. The van der Waals surface area contributed by atoms with E-state index >= 15 is 0 Å². The Labute approximate surface area is 148 Å². The Morgan fingerprint density at radius 3 is 2.31 bits per heavy atom. The molecule has 3 aromatic rings. The van der Waals surface area contributed by atoms with E-state index in [-0.39, 0.29) is 11.3 Å². The first-order valence-corrected chi connectivity index (χ1v) is 7.80. The minimum atomic E-state index is -0.631. The van der Waals surface area contributed by atoms with E-state index in [0.717, 1.165) is 4.90 Å². The first-order valence-electron chi connectivity index (χ1n) is 7.80. The lowest BCUT2D eigenvalue weighted by molar-refractivity contribution is 0.0601. The van der Waals surface area contributed by atoms with Gasteiger partial charge in [-0.2, -0.15) is 0 Å². The molecule has 128 valence electrons. The number of rotatable bonds is 3. The molecular formula is C19H13N3O4. The molecule has 0 fully saturated rings. The minimum Gasteiger partial charge on any atom is -0.465 e. The number of esters is 1. The van der Waals surface area contributed by atoms with E-state index in [1.54, 1.807) is 59.7 Å². The molecule has 0 saturated carbocycles. The van der Waals surface area contributed by atoms with Crippen LogP contribution in [0.25, 0.3) is 5.69 Å². The van der Waals surface area contributed by atoms with Gasteiger partial charge in [0.05, 0.1) is 35.8 Å². The standard InChI is InChI=1S/C19H13N3O4/c1-26-19(25)15-7-6-12(21-9-8-20-11-21)10-16(15)22-17(23)13-4-2-3-5-14(13)18(22)24/h2-11H,1H3. The van der Waals surface area contributed by atoms with Gasteiger partial charge in [-0.05, 0) is 30.3 Å². The molecule has 0 spiro atoms. The highest BCUT2D eigenvalue weighted by atomic mass is 16.5. The lowest BCUT2D eigenvalue weighted by atomic mass is 10.1. The van der Waals surface area contributed by atoms with Gasteiger partial charge in [-0.15, -0.1) is 0 Å². The van der Waals surface area contributed by atoms with Crippen LogP contribution in [-0.4, -0.2) is 34.4 Å². The Bertz CT molecular complexity index is 1010. The average Bonchev–Trinajstić information content (AvgIpc) is 3.29. The van der Waals surface area contributed by atoms with Crippen LogP contribution in [0.5, 0.6) is 0 Å². The maximum atomic E-state index is 12.8. The number of hydrogen-bond acceptors (Lipinski definition) is 5. The van der Waals surface area contributed by atoms with Gasteiger partial charge < -0.3 is 9.30 Å². The second-order valence-electron chi connectivity index (χ2n) is 5.65. The molecular weight excluding hydrogens is 334 g/mol. The highest BCUT2D eigenvalue weighted by Gasteiger charge is 2.38. The predicted octanol–water partition coefficient (Wildman–Crippen LogP) is 2.46. The van der Waals surface area contributed by atoms with Crippen LogP contribution in [0.4, 0.5) is 5.69 Å². The lowest BCUT2D eigenvalue weighted by Gasteiger charge is -2.18. The van der Waals surface area contributed by atoms with Crippen molar-refractivity contribution in [3.8, 4) is 5.69 Å². The van der Waals surface area contributed by atoms with Crippen LogP contribution >= 0.6 is 0 Å². The summed E-state index contributed by atoms with van der Waals surface area (Å²) in [5.74, 6) is -1.58. The second kappa shape index (κ2) is 5.96. The fourth-order valence-electron chi connectivity index (χ4n) is 2.97. The van der Waals surface area contributed by atoms with Gasteiger partial charge in [0.25, 0.3) is 11.8 Å². The van der Waals surface area contributed by atoms with E-state index in [9.17, 15) is 14.4 Å². The van der Waals surface area contributed by atoms with E-state index < -0.39 is 17.8 Å². The van der Waals surface area contributed by atoms with Crippen molar-refractivity contribution in [1.82, 2.24) is 9.55 Å². The number of carbonyl (C=O) groups is 3. The highest BCUT2D eigenvalue weighted by molar-refractivity contribution is 6.35. The topological polar surface area (TPSA) is 81.5 Å². The summed E-state index contributed by atoms with van der Waals surface area (Å²) in [6, 6.07) is 11.4. The fourth-order valence-corrected chi connectivity index (χ4v) is 2.97. The van der Waals surface area contributed by atoms with Crippen LogP contribution in [0, 0.1) is 0 Å². The molecule has 0 unspecified atom stereocenters. The van der Waals surface area contributed by atoms with Gasteiger partial charge in [0.15, 0.2) is 0 Å². The number of amides is 2. The molecule has 1 aliphatic heterocycles. The Kier molecular flexibility index (Phi) is 3.62. The summed E-state index contributed by atoms with van der Waals surface area (Å²) in [4.78, 5) is 42.8. The molecule has 2 aromatic carbocycles. The smallest absolute Gasteiger partial charge is 0.340 e. The third-order valence-corrected chi connectivity index (χ3v) is 4.22. The molecule has 0 radical (unpaired) electrons. The number of anilines is 1. The molecule has 26 heavy (non-hydrogen) atoms. The third kappa shape index (κ3) is 2.29. The van der Waals surface area contributed by atoms with Crippen molar-refractivity contribution in [2.45, 2.75) is 0 Å². The number of methoxy groups -OCH3 is 1. The molecule has 1 aromatic heterocycles. The van der Waals surface area contributed by atoms with Crippen molar-refractivity contribution in [3.63, 3.8) is 0 Å². The monoisotopic (exact) mass is 347 g/mol. The maximum Gasteiger partial charge on any atom is 0.340 e. The molecule has 0 N–H and O–H groups in total. The minimum absolute atomic E-state index is 0.130. The van der Waals surface area contributed by atoms with Crippen molar-refractivity contribution in [2.24, 2.45) is 0 Å². The van der Waals surface area contributed by atoms with Gasteiger partial charge >= 0.3 is 5.97 Å². The quantitative estimate of drug-likeness (QED) is 0.537. The molecule has 4 rings (SSSR count). The largest absolute Gasteiger partial charge is 0.465 e. The number of nitrogens with zero attached hydrogens (tertiary/aromatic N) is 3. The first-order chi connectivity index (χ1) is 12.6. The summed E-state index contributed by atoms with van der Waals surface area (Å²) in [5, 5.41) is 0. The first kappa shape index (κ1) is 15.8. The molecule has 1 aliphatic rings. The summed E-state index contributed by atoms with van der Waals surface area (Å²) >= 11 is 0. The normalized spacial score (nSPS) is 13.0. The van der Waals surface area contributed by atoms with Crippen molar-refractivity contribution in [3.05, 3.63) is 77.9 Å². The molecule has 0 aliphatic carbocycles. The Balaban J connectivity index is 1.90. The Morgan fingerprint density at radius 1 is 1.04 bits per heavy atom. The zero-order valence-corrected chi connectivity index (χ0v) is 13.7. The number of hydrogen-bond donors (Lipinski definition) is 0. The summed E-state index contributed by atoms with van der Waals surface area (Å²) in [6.45, 7) is 0. The summed E-state index contributed by atoms with van der Waals surface area (Å²) in [7, 11) is 1.25. The van der Waals surface area contributed by atoms with E-state index in [1.165, 1.54) is 13.2 Å². The van der Waals surface area contributed by atoms with E-state index in [1.807, 2.05) is 0 Å². The molecule has 0 bridgehead atoms. The molecule has 0 atom stereocenters. The number of aromatic nitrogens is 2. The average molecular weight is 347 g/mol. The lowest BCUT2D eigenvalue weighted by Crippen LogP contribution is -2.31. The van der Waals surface area contributed by atoms with Crippen LogP contribution in [0.1, 0.15) is 31.1 Å². The van der Waals surface area contributed by atoms with Crippen LogP contribution in [0.3, 0.4) is 0 Å². The SMILES string of the molecule is COC(=O)c1ccc(-n2ccnc2)cc1N1C(=O)c2ccccc2C1=O. The van der Waals surface area contributed by atoms with Gasteiger partial charge in [0.1, 0.15) is 0 Å². The second-order valence-corrected chi connectivity index (χ2v) is 5.65. The van der Waals surface area contributed by atoms with Crippen molar-refractivity contribution in [1.29, 1.82) is 0 Å². The van der Waals surface area contributed by atoms with E-state index in [4.69, 9.17) is 4.74 Å². The molecule has 7 nitrogen and oxygen atoms in total. The van der Waals surface area contributed by atoms with Gasteiger partial charge in [0.2, 0.25) is 0 Å². The Hall–Kier alpha value is -3.74. The van der Waals surface area contributed by atoms with Crippen molar-refractivity contribution >= 4 is 23.5 Å². The number of imide groups is 1. The zero-order valence-electron chi connectivity index (χ0n) is 13.7. The number of fused-ring (bicyclic) bond motifs is 1. The van der Waals surface area contributed by atoms with Crippen LogP contribution in [-0.2, 0) is 4.74 Å². The number of imidazole rings is 1. The number of carbonyl (C=O) groups excluding carboxylic acids is 3. The molecule has 2 amide bonds. The zero-order chi connectivity index (χ0) is 18.3. The maximum absolute atomic E-state index is 12.8. The van der Waals surface area contributed by atoms with Crippen LogP contribution < -0.4 is 4.90 Å². The Morgan fingerprint density at radius 2 is 1.73 bits per heavy atom. The van der Waals surface area contributed by atoms with Crippen LogP contribution in [0.2, 0.25) is 0 Å². The molecule has 7 heteroatoms. The summed E-state index contributed by atoms with van der Waals surface area (Å²) < 4.78 is 6.52. The van der Waals surface area contributed by atoms with Crippen molar-refractivity contribution in [2.75, 3.05) is 12.0 Å². The summed E-state index contributed by atoms with van der Waals surface area (Å²) in [5.41, 5.74) is 1.57. The number of benzene rings is 2. The fraction of sp³-hybridized carbons (Fsp3) is 0.0526. The van der Waals surface area contributed by atoms with Gasteiger partial charge in [-0.1, -0.05) is 12.1 Å². The van der Waals surface area contributed by atoms with Gasteiger partial charge in [-0.3, -0.25) is 9.59 Å². The molecule has 0 saturated heterocycles. The van der Waals surface area contributed by atoms with Crippen LogP contribution in [0.15, 0.2) is 61.2 Å². The van der Waals surface area contributed by atoms with Gasteiger partial charge in [-0.25, -0.2) is 14.7 Å². The molecule has 2 heterocycles. The van der Waals surface area contributed by atoms with Crippen molar-refractivity contribution < 1.29 is 19.1 Å². The van der Waals surface area contributed by atoms with E-state index in [0.29, 0.717) is 16.8 Å². The summed E-state index contributed by atoms with van der Waals surface area (Å²) in [6.07, 6.45) is 4.91.